The fourth-order valence-electron chi connectivity index (χ4n) is 3.32. The van der Waals surface area contributed by atoms with Crippen molar-refractivity contribution in [2.45, 2.75) is 12.8 Å². The smallest absolute Gasteiger partial charge is 0.341 e. The van der Waals surface area contributed by atoms with Crippen molar-refractivity contribution in [2.24, 2.45) is 0 Å². The molecule has 0 aliphatic heterocycles. The Labute approximate surface area is 182 Å². The van der Waals surface area contributed by atoms with Crippen molar-refractivity contribution in [3.05, 3.63) is 95.9 Å². The third-order valence-corrected chi connectivity index (χ3v) is 4.74. The topological polar surface area (TPSA) is 72.6 Å². The molecule has 7 heteroatoms. The lowest BCUT2D eigenvalue weighted by Crippen LogP contribution is -2.09. The molecule has 0 unspecified atom stereocenters. The number of rotatable bonds is 8. The van der Waals surface area contributed by atoms with Crippen molar-refractivity contribution < 1.29 is 27.8 Å². The first-order valence-corrected chi connectivity index (χ1v) is 9.93. The standard InChI is InChI=1S/C25H19F2NO4/c26-19-7-2-5-17(13-19)24-25(18-6-3-8-20(27)14-18)32-22(28-24)11-10-16-4-1-9-21(12-16)31-15-23(29)30/h1-9,12-14H,10-11,15H2,(H,29,30). The maximum absolute atomic E-state index is 13.8. The zero-order chi connectivity index (χ0) is 22.5. The largest absolute Gasteiger partial charge is 0.482 e. The van der Waals surface area contributed by atoms with E-state index in [0.717, 1.165) is 5.56 Å². The molecular weight excluding hydrogens is 416 g/mol. The predicted molar refractivity (Wildman–Crippen MR) is 114 cm³/mol. The first kappa shape index (κ1) is 21.2. The van der Waals surface area contributed by atoms with E-state index in [1.54, 1.807) is 42.5 Å². The number of hydrogen-bond donors (Lipinski definition) is 1. The molecule has 0 fully saturated rings. The van der Waals surface area contributed by atoms with Gasteiger partial charge in [0.05, 0.1) is 0 Å². The normalized spacial score (nSPS) is 10.8. The van der Waals surface area contributed by atoms with E-state index in [2.05, 4.69) is 4.98 Å². The Morgan fingerprint density at radius 3 is 2.31 bits per heavy atom. The van der Waals surface area contributed by atoms with Crippen LogP contribution in [-0.2, 0) is 17.6 Å². The number of benzene rings is 3. The summed E-state index contributed by atoms with van der Waals surface area (Å²) in [5, 5.41) is 8.75. The first-order chi connectivity index (χ1) is 15.5. The summed E-state index contributed by atoms with van der Waals surface area (Å²) in [7, 11) is 0. The van der Waals surface area contributed by atoms with Crippen molar-refractivity contribution in [3.8, 4) is 28.3 Å². The van der Waals surface area contributed by atoms with Gasteiger partial charge in [-0.3, -0.25) is 0 Å². The first-order valence-electron chi connectivity index (χ1n) is 9.93. The van der Waals surface area contributed by atoms with Gasteiger partial charge in [0.2, 0.25) is 0 Å². The van der Waals surface area contributed by atoms with Gasteiger partial charge in [0.1, 0.15) is 23.1 Å². The molecule has 4 rings (SSSR count). The van der Waals surface area contributed by atoms with Crippen LogP contribution in [0.1, 0.15) is 11.5 Å². The van der Waals surface area contributed by atoms with E-state index < -0.39 is 24.2 Å². The van der Waals surface area contributed by atoms with Gasteiger partial charge < -0.3 is 14.3 Å². The van der Waals surface area contributed by atoms with Crippen molar-refractivity contribution in [1.82, 2.24) is 4.98 Å². The molecule has 0 aliphatic rings. The summed E-state index contributed by atoms with van der Waals surface area (Å²) in [6.07, 6.45) is 0.982. The summed E-state index contributed by atoms with van der Waals surface area (Å²) in [6.45, 7) is -0.419. The molecule has 4 aromatic rings. The maximum Gasteiger partial charge on any atom is 0.341 e. The number of hydrogen-bond acceptors (Lipinski definition) is 4. The summed E-state index contributed by atoms with van der Waals surface area (Å²) in [6, 6.07) is 19.1. The van der Waals surface area contributed by atoms with Gasteiger partial charge in [-0.25, -0.2) is 18.6 Å². The zero-order valence-corrected chi connectivity index (χ0v) is 16.9. The molecule has 0 amide bonds. The Bertz CT molecular complexity index is 1190. The molecule has 5 nitrogen and oxygen atoms in total. The molecule has 0 saturated carbocycles. The minimum absolute atomic E-state index is 0.364. The van der Waals surface area contributed by atoms with Crippen molar-refractivity contribution >= 4 is 5.97 Å². The molecule has 0 radical (unpaired) electrons. The number of carboxylic acids is 1. The van der Waals surface area contributed by atoms with Gasteiger partial charge in [-0.1, -0.05) is 36.4 Å². The summed E-state index contributed by atoms with van der Waals surface area (Å²) >= 11 is 0. The summed E-state index contributed by atoms with van der Waals surface area (Å²) in [4.78, 5) is 15.2. The van der Waals surface area contributed by atoms with Crippen LogP contribution in [0.25, 0.3) is 22.6 Å². The van der Waals surface area contributed by atoms with Crippen LogP contribution in [0.15, 0.2) is 77.2 Å². The van der Waals surface area contributed by atoms with Crippen LogP contribution >= 0.6 is 0 Å². The Morgan fingerprint density at radius 2 is 1.59 bits per heavy atom. The summed E-state index contributed by atoms with van der Waals surface area (Å²) in [5.41, 5.74) is 2.38. The lowest BCUT2D eigenvalue weighted by atomic mass is 10.1. The van der Waals surface area contributed by atoms with Crippen LogP contribution in [0.3, 0.4) is 0 Å². The van der Waals surface area contributed by atoms with E-state index in [0.29, 0.717) is 47.1 Å². The van der Waals surface area contributed by atoms with Crippen LogP contribution in [0.2, 0.25) is 0 Å². The number of nitrogens with zero attached hydrogens (tertiary/aromatic N) is 1. The molecule has 1 aromatic heterocycles. The summed E-state index contributed by atoms with van der Waals surface area (Å²) in [5.74, 6) is -0.633. The van der Waals surface area contributed by atoms with Crippen LogP contribution < -0.4 is 4.74 Å². The second-order valence-electron chi connectivity index (χ2n) is 7.14. The third kappa shape index (κ3) is 5.18. The van der Waals surface area contributed by atoms with Gasteiger partial charge in [-0.2, -0.15) is 0 Å². The number of carbonyl (C=O) groups is 1. The molecule has 0 bridgehead atoms. The molecule has 1 heterocycles. The molecule has 3 aromatic carbocycles. The van der Waals surface area contributed by atoms with E-state index in [1.165, 1.54) is 24.3 Å². The number of oxazole rings is 1. The Morgan fingerprint density at radius 1 is 0.906 bits per heavy atom. The number of carboxylic acid groups (broad SMARTS) is 1. The highest BCUT2D eigenvalue weighted by atomic mass is 19.1. The van der Waals surface area contributed by atoms with Gasteiger partial charge in [0.25, 0.3) is 0 Å². The van der Waals surface area contributed by atoms with Gasteiger partial charge in [-0.15, -0.1) is 0 Å². The van der Waals surface area contributed by atoms with E-state index in [-0.39, 0.29) is 0 Å². The van der Waals surface area contributed by atoms with Crippen molar-refractivity contribution in [3.63, 3.8) is 0 Å². The number of aromatic nitrogens is 1. The SMILES string of the molecule is O=C(O)COc1cccc(CCc2nc(-c3cccc(F)c3)c(-c3cccc(F)c3)o2)c1. The lowest BCUT2D eigenvalue weighted by Gasteiger charge is -2.05. The van der Waals surface area contributed by atoms with Crippen LogP contribution in [0, 0.1) is 11.6 Å². The average Bonchev–Trinajstić information content (AvgIpc) is 3.21. The zero-order valence-electron chi connectivity index (χ0n) is 16.9. The second-order valence-corrected chi connectivity index (χ2v) is 7.14. The number of aliphatic carboxylic acids is 1. The number of aryl methyl sites for hydroxylation is 2. The quantitative estimate of drug-likeness (QED) is 0.394. The molecule has 162 valence electrons. The van der Waals surface area contributed by atoms with Crippen LogP contribution in [0.5, 0.6) is 5.75 Å². The molecule has 0 spiro atoms. The maximum atomic E-state index is 13.8. The van der Waals surface area contributed by atoms with Gasteiger partial charge in [0.15, 0.2) is 18.3 Å². The summed E-state index contributed by atoms with van der Waals surface area (Å²) < 4.78 is 38.8. The molecule has 0 atom stereocenters. The second kappa shape index (κ2) is 9.43. The minimum atomic E-state index is -1.05. The number of ether oxygens (including phenoxy) is 1. The van der Waals surface area contributed by atoms with Crippen molar-refractivity contribution in [2.75, 3.05) is 6.61 Å². The van der Waals surface area contributed by atoms with Gasteiger partial charge in [0, 0.05) is 17.5 Å². The van der Waals surface area contributed by atoms with E-state index in [9.17, 15) is 13.6 Å². The molecule has 32 heavy (non-hydrogen) atoms. The van der Waals surface area contributed by atoms with Gasteiger partial charge >= 0.3 is 5.97 Å². The third-order valence-electron chi connectivity index (χ3n) is 4.74. The minimum Gasteiger partial charge on any atom is -0.482 e. The van der Waals surface area contributed by atoms with E-state index in [4.69, 9.17) is 14.3 Å². The van der Waals surface area contributed by atoms with E-state index >= 15 is 0 Å². The number of halogens is 2. The highest BCUT2D eigenvalue weighted by Crippen LogP contribution is 2.33. The molecular formula is C25H19F2NO4. The van der Waals surface area contributed by atoms with Crippen molar-refractivity contribution in [1.29, 1.82) is 0 Å². The van der Waals surface area contributed by atoms with E-state index in [1.807, 2.05) is 6.07 Å². The lowest BCUT2D eigenvalue weighted by molar-refractivity contribution is -0.139. The average molecular weight is 435 g/mol. The van der Waals surface area contributed by atoms with Crippen LogP contribution in [-0.4, -0.2) is 22.7 Å². The predicted octanol–water partition coefficient (Wildman–Crippen LogP) is 5.54. The molecule has 0 saturated heterocycles. The highest BCUT2D eigenvalue weighted by Gasteiger charge is 2.18. The van der Waals surface area contributed by atoms with Gasteiger partial charge in [-0.05, 0) is 48.4 Å². The fourth-order valence-corrected chi connectivity index (χ4v) is 3.32. The Hall–Kier alpha value is -4.00. The fraction of sp³-hybridized carbons (Fsp3) is 0.120. The highest BCUT2D eigenvalue weighted by molar-refractivity contribution is 5.76. The Kier molecular flexibility index (Phi) is 6.26. The monoisotopic (exact) mass is 435 g/mol. The molecule has 1 N–H and O–H groups in total. The Balaban J connectivity index is 1.61. The van der Waals surface area contributed by atoms with Crippen LogP contribution in [0.4, 0.5) is 8.78 Å². The molecule has 0 aliphatic carbocycles.